The van der Waals surface area contributed by atoms with E-state index in [1.165, 1.54) is 4.90 Å². The van der Waals surface area contributed by atoms with E-state index >= 15 is 0 Å². The van der Waals surface area contributed by atoms with E-state index in [1.54, 1.807) is 0 Å². The number of hydrogen-bond donors (Lipinski definition) is 2. The van der Waals surface area contributed by atoms with Crippen LogP contribution in [0.1, 0.15) is 5.56 Å². The first kappa shape index (κ1) is 13.4. The molecule has 0 aromatic heterocycles. The highest BCUT2D eigenvalue weighted by Gasteiger charge is 2.27. The Hall–Kier alpha value is -2.08. The minimum Gasteiger partial charge on any atom is -0.445 e. The third-order valence-corrected chi connectivity index (χ3v) is 2.89. The first-order chi connectivity index (χ1) is 9.19. The molecule has 1 fully saturated rings. The van der Waals surface area contributed by atoms with Crippen molar-refractivity contribution < 1.29 is 14.3 Å². The predicted molar refractivity (Wildman–Crippen MR) is 69.2 cm³/mol. The molecule has 1 saturated heterocycles. The van der Waals surface area contributed by atoms with Crippen LogP contribution in [0.25, 0.3) is 0 Å². The molecule has 0 saturated carbocycles. The molecule has 1 aliphatic rings. The van der Waals surface area contributed by atoms with Crippen molar-refractivity contribution in [3.63, 3.8) is 0 Å². The van der Waals surface area contributed by atoms with Gasteiger partial charge < -0.3 is 15.8 Å². The molecule has 2 rings (SSSR count). The van der Waals surface area contributed by atoms with Gasteiger partial charge in [-0.25, -0.2) is 4.79 Å². The van der Waals surface area contributed by atoms with Crippen molar-refractivity contribution in [2.45, 2.75) is 12.6 Å². The molecule has 6 nitrogen and oxygen atoms in total. The highest BCUT2D eigenvalue weighted by Crippen LogP contribution is 2.06. The maximum atomic E-state index is 11.9. The molecular formula is C13H17N3O3. The molecule has 0 bridgehead atoms. The maximum Gasteiger partial charge on any atom is 0.410 e. The number of ether oxygens (including phenoxy) is 1. The molecule has 1 atom stereocenters. The summed E-state index contributed by atoms with van der Waals surface area (Å²) in [5.41, 5.74) is 6.41. The van der Waals surface area contributed by atoms with Crippen molar-refractivity contribution in [3.8, 4) is 0 Å². The Morgan fingerprint density at radius 1 is 1.42 bits per heavy atom. The maximum absolute atomic E-state index is 11.9. The van der Waals surface area contributed by atoms with Crippen molar-refractivity contribution in [1.82, 2.24) is 10.2 Å². The SMILES string of the molecule is NC[C@@H]1CN(C(=O)OCc2ccccc2)CC(=O)N1. The molecular weight excluding hydrogens is 246 g/mol. The van der Waals surface area contributed by atoms with Gasteiger partial charge in [-0.2, -0.15) is 0 Å². The topological polar surface area (TPSA) is 84.7 Å². The Morgan fingerprint density at radius 3 is 2.84 bits per heavy atom. The zero-order valence-corrected chi connectivity index (χ0v) is 10.5. The lowest BCUT2D eigenvalue weighted by atomic mass is 10.2. The second-order valence-electron chi connectivity index (χ2n) is 4.42. The number of nitrogens with two attached hydrogens (primary N) is 1. The Labute approximate surface area is 111 Å². The predicted octanol–water partition coefficient (Wildman–Crippen LogP) is 0.0823. The van der Waals surface area contributed by atoms with Crippen molar-refractivity contribution >= 4 is 12.0 Å². The molecule has 19 heavy (non-hydrogen) atoms. The number of amides is 2. The van der Waals surface area contributed by atoms with Gasteiger partial charge in [-0.05, 0) is 5.56 Å². The normalized spacial score (nSPS) is 18.9. The van der Waals surface area contributed by atoms with Crippen molar-refractivity contribution in [2.75, 3.05) is 19.6 Å². The van der Waals surface area contributed by atoms with E-state index in [1.807, 2.05) is 30.3 Å². The van der Waals surface area contributed by atoms with Crippen LogP contribution in [0.2, 0.25) is 0 Å². The van der Waals surface area contributed by atoms with E-state index in [2.05, 4.69) is 5.32 Å². The van der Waals surface area contributed by atoms with Crippen LogP contribution in [0.3, 0.4) is 0 Å². The third-order valence-electron chi connectivity index (χ3n) is 2.89. The summed E-state index contributed by atoms with van der Waals surface area (Å²) >= 11 is 0. The Balaban J connectivity index is 1.87. The van der Waals surface area contributed by atoms with Crippen molar-refractivity contribution in [3.05, 3.63) is 35.9 Å². The zero-order chi connectivity index (χ0) is 13.7. The monoisotopic (exact) mass is 263 g/mol. The fourth-order valence-corrected chi connectivity index (χ4v) is 1.91. The molecule has 102 valence electrons. The van der Waals surface area contributed by atoms with E-state index in [0.29, 0.717) is 13.1 Å². The van der Waals surface area contributed by atoms with Gasteiger partial charge in [-0.1, -0.05) is 30.3 Å². The van der Waals surface area contributed by atoms with E-state index in [9.17, 15) is 9.59 Å². The first-order valence-electron chi connectivity index (χ1n) is 6.14. The summed E-state index contributed by atoms with van der Waals surface area (Å²) in [7, 11) is 0. The molecule has 0 aliphatic carbocycles. The van der Waals surface area contributed by atoms with Crippen LogP contribution in [-0.2, 0) is 16.1 Å². The molecule has 2 amide bonds. The molecule has 0 unspecified atom stereocenters. The summed E-state index contributed by atoms with van der Waals surface area (Å²) in [5, 5.41) is 2.71. The number of carbonyl (C=O) groups excluding carboxylic acids is 2. The molecule has 0 radical (unpaired) electrons. The average molecular weight is 263 g/mol. The lowest BCUT2D eigenvalue weighted by Crippen LogP contribution is -2.58. The summed E-state index contributed by atoms with van der Waals surface area (Å²) < 4.78 is 5.17. The second kappa shape index (κ2) is 6.19. The summed E-state index contributed by atoms with van der Waals surface area (Å²) in [5.74, 6) is -0.210. The number of rotatable bonds is 3. The number of nitrogens with zero attached hydrogens (tertiary/aromatic N) is 1. The van der Waals surface area contributed by atoms with Crippen LogP contribution in [0.4, 0.5) is 4.79 Å². The number of benzene rings is 1. The molecule has 3 N–H and O–H groups in total. The third kappa shape index (κ3) is 3.69. The van der Waals surface area contributed by atoms with Crippen LogP contribution in [0.5, 0.6) is 0 Å². The van der Waals surface area contributed by atoms with Crippen LogP contribution >= 0.6 is 0 Å². The Morgan fingerprint density at radius 2 is 2.16 bits per heavy atom. The van der Waals surface area contributed by atoms with Gasteiger partial charge in [-0.15, -0.1) is 0 Å². The summed E-state index contributed by atoms with van der Waals surface area (Å²) in [6.45, 7) is 0.902. The molecule has 1 aliphatic heterocycles. The van der Waals surface area contributed by atoms with Gasteiger partial charge in [0, 0.05) is 13.1 Å². The van der Waals surface area contributed by atoms with Gasteiger partial charge >= 0.3 is 6.09 Å². The quantitative estimate of drug-likeness (QED) is 0.809. The number of nitrogens with one attached hydrogen (secondary N) is 1. The Kier molecular flexibility index (Phi) is 4.35. The van der Waals surface area contributed by atoms with Crippen molar-refractivity contribution in [1.29, 1.82) is 0 Å². The highest BCUT2D eigenvalue weighted by molar-refractivity contribution is 5.83. The lowest BCUT2D eigenvalue weighted by molar-refractivity contribution is -0.125. The molecule has 1 aromatic carbocycles. The van der Waals surface area contributed by atoms with Crippen LogP contribution < -0.4 is 11.1 Å². The van der Waals surface area contributed by atoms with Gasteiger partial charge in [0.25, 0.3) is 0 Å². The average Bonchev–Trinajstić information content (AvgIpc) is 2.45. The van der Waals surface area contributed by atoms with E-state index < -0.39 is 6.09 Å². The smallest absolute Gasteiger partial charge is 0.410 e. The van der Waals surface area contributed by atoms with E-state index in [-0.39, 0.29) is 25.1 Å². The summed E-state index contributed by atoms with van der Waals surface area (Å²) in [6, 6.07) is 9.19. The lowest BCUT2D eigenvalue weighted by Gasteiger charge is -2.31. The fourth-order valence-electron chi connectivity index (χ4n) is 1.91. The largest absolute Gasteiger partial charge is 0.445 e. The van der Waals surface area contributed by atoms with Gasteiger partial charge in [0.1, 0.15) is 13.2 Å². The standard InChI is InChI=1S/C13H17N3O3/c14-6-11-7-16(8-12(17)15-11)13(18)19-9-10-4-2-1-3-5-10/h1-5,11H,6-9,14H2,(H,15,17)/t11-/m1/s1. The van der Waals surface area contributed by atoms with Crippen LogP contribution in [0, 0.1) is 0 Å². The van der Waals surface area contributed by atoms with Crippen LogP contribution in [-0.4, -0.2) is 42.6 Å². The van der Waals surface area contributed by atoms with Gasteiger partial charge in [0.05, 0.1) is 6.04 Å². The van der Waals surface area contributed by atoms with Crippen molar-refractivity contribution in [2.24, 2.45) is 5.73 Å². The first-order valence-corrected chi connectivity index (χ1v) is 6.14. The number of piperazine rings is 1. The molecule has 6 heteroatoms. The second-order valence-corrected chi connectivity index (χ2v) is 4.42. The number of hydrogen-bond acceptors (Lipinski definition) is 4. The Bertz CT molecular complexity index is 450. The minimum atomic E-state index is -0.489. The van der Waals surface area contributed by atoms with Gasteiger partial charge in [0.15, 0.2) is 0 Å². The van der Waals surface area contributed by atoms with Crippen LogP contribution in [0.15, 0.2) is 30.3 Å². The number of carbonyl (C=O) groups is 2. The van der Waals surface area contributed by atoms with Gasteiger partial charge in [0.2, 0.25) is 5.91 Å². The molecule has 1 heterocycles. The summed E-state index contributed by atoms with van der Waals surface area (Å²) in [4.78, 5) is 24.6. The zero-order valence-electron chi connectivity index (χ0n) is 10.5. The van der Waals surface area contributed by atoms with E-state index in [4.69, 9.17) is 10.5 Å². The minimum absolute atomic E-state index is 0.0180. The molecule has 1 aromatic rings. The van der Waals surface area contributed by atoms with E-state index in [0.717, 1.165) is 5.56 Å². The molecule has 0 spiro atoms. The summed E-state index contributed by atoms with van der Waals surface area (Å²) in [6.07, 6.45) is -0.489. The van der Waals surface area contributed by atoms with Gasteiger partial charge in [-0.3, -0.25) is 9.69 Å². The highest BCUT2D eigenvalue weighted by atomic mass is 16.6. The fraction of sp³-hybridized carbons (Fsp3) is 0.385.